The van der Waals surface area contributed by atoms with Crippen molar-refractivity contribution in [2.45, 2.75) is 32.3 Å². The zero-order valence-corrected chi connectivity index (χ0v) is 18.2. The molecule has 0 fully saturated rings. The summed E-state index contributed by atoms with van der Waals surface area (Å²) in [5, 5.41) is 23.5. The van der Waals surface area contributed by atoms with Crippen LogP contribution in [0.5, 0.6) is 0 Å². The van der Waals surface area contributed by atoms with Crippen molar-refractivity contribution in [3.63, 3.8) is 0 Å². The molecule has 0 bridgehead atoms. The molecule has 1 aliphatic rings. The molecule has 0 aromatic heterocycles. The summed E-state index contributed by atoms with van der Waals surface area (Å²) >= 11 is 6.40. The molecule has 0 aliphatic carbocycles. The number of benzene rings is 2. The molecule has 2 aromatic carbocycles. The van der Waals surface area contributed by atoms with E-state index >= 15 is 0 Å². The number of carbonyl (C=O) groups is 2. The fourth-order valence-electron chi connectivity index (χ4n) is 3.16. The molecular weight excluding hydrogens is 420 g/mol. The lowest BCUT2D eigenvalue weighted by atomic mass is 10.0. The molecule has 2 aromatic rings. The molecule has 1 aliphatic heterocycles. The maximum absolute atomic E-state index is 9.64. The Kier molecular flexibility index (Phi) is 10.9. The third-order valence-corrected chi connectivity index (χ3v) is 5.01. The number of nitrogens with one attached hydrogen (secondary N) is 2. The Hall–Kier alpha value is -2.61. The fraction of sp³-hybridized carbons (Fsp3) is 0.391. The van der Waals surface area contributed by atoms with Crippen LogP contribution in [0.4, 0.5) is 5.69 Å². The van der Waals surface area contributed by atoms with E-state index in [9.17, 15) is 9.59 Å². The Balaban J connectivity index is 0.000000366. The van der Waals surface area contributed by atoms with Crippen LogP contribution in [0.1, 0.15) is 29.5 Å². The van der Waals surface area contributed by atoms with Gasteiger partial charge in [0.1, 0.15) is 0 Å². The molecule has 0 radical (unpaired) electrons. The molecule has 1 heterocycles. The lowest BCUT2D eigenvalue weighted by molar-refractivity contribution is -0.143. The summed E-state index contributed by atoms with van der Waals surface area (Å²) in [6.07, 6.45) is 1.49. The lowest BCUT2D eigenvalue weighted by Crippen LogP contribution is -2.16. The predicted molar refractivity (Wildman–Crippen MR) is 121 cm³/mol. The minimum absolute atomic E-state index is 0.296. The van der Waals surface area contributed by atoms with Gasteiger partial charge in [-0.25, -0.2) is 0 Å². The van der Waals surface area contributed by atoms with E-state index in [1.807, 2.05) is 24.3 Å². The molecule has 31 heavy (non-hydrogen) atoms. The highest BCUT2D eigenvalue weighted by molar-refractivity contribution is 6.33. The highest BCUT2D eigenvalue weighted by Gasteiger charge is 2.14. The minimum Gasteiger partial charge on any atom is -0.481 e. The zero-order valence-electron chi connectivity index (χ0n) is 17.4. The van der Waals surface area contributed by atoms with E-state index in [0.29, 0.717) is 13.2 Å². The molecule has 0 amide bonds. The van der Waals surface area contributed by atoms with Gasteiger partial charge in [0.2, 0.25) is 0 Å². The van der Waals surface area contributed by atoms with Crippen molar-refractivity contribution >= 4 is 29.2 Å². The summed E-state index contributed by atoms with van der Waals surface area (Å²) < 4.78 is 5.73. The topological polar surface area (TPSA) is 108 Å². The van der Waals surface area contributed by atoms with Gasteiger partial charge in [-0.05, 0) is 48.7 Å². The van der Waals surface area contributed by atoms with Gasteiger partial charge in [0.15, 0.2) is 0 Å². The second-order valence-corrected chi connectivity index (χ2v) is 7.47. The SMILES string of the molecule is Clc1ccc2c(c1NCCOCc1ccccc1)CCNCC2.O=C(O)CCC(=O)O. The van der Waals surface area contributed by atoms with E-state index in [-0.39, 0.29) is 12.8 Å². The molecule has 0 unspecified atom stereocenters. The monoisotopic (exact) mass is 448 g/mol. The highest BCUT2D eigenvalue weighted by atomic mass is 35.5. The minimum atomic E-state index is -1.08. The molecule has 8 heteroatoms. The molecule has 0 atom stereocenters. The van der Waals surface area contributed by atoms with E-state index in [1.54, 1.807) is 0 Å². The molecule has 4 N–H and O–H groups in total. The Bertz CT molecular complexity index is 831. The average molecular weight is 449 g/mol. The third-order valence-electron chi connectivity index (χ3n) is 4.69. The summed E-state index contributed by atoms with van der Waals surface area (Å²) in [4.78, 5) is 19.3. The van der Waals surface area contributed by atoms with Crippen molar-refractivity contribution in [1.29, 1.82) is 0 Å². The maximum atomic E-state index is 9.64. The third kappa shape index (κ3) is 9.38. The van der Waals surface area contributed by atoms with Crippen LogP contribution in [-0.4, -0.2) is 48.4 Å². The van der Waals surface area contributed by atoms with E-state index in [4.69, 9.17) is 26.6 Å². The van der Waals surface area contributed by atoms with E-state index < -0.39 is 11.9 Å². The molecule has 3 rings (SSSR count). The standard InChI is InChI=1S/C19H23ClN2O.C4H6O4/c20-18-7-6-16-8-10-21-11-9-17(16)19(18)22-12-13-23-14-15-4-2-1-3-5-15;5-3(6)1-2-4(7)8/h1-7,21-22H,8-14H2;1-2H2,(H,5,6)(H,7,8). The van der Waals surface area contributed by atoms with Crippen molar-refractivity contribution in [2.24, 2.45) is 0 Å². The second-order valence-electron chi connectivity index (χ2n) is 7.06. The number of ether oxygens (including phenoxy) is 1. The zero-order chi connectivity index (χ0) is 22.5. The fourth-order valence-corrected chi connectivity index (χ4v) is 3.40. The highest BCUT2D eigenvalue weighted by Crippen LogP contribution is 2.30. The maximum Gasteiger partial charge on any atom is 0.303 e. The van der Waals surface area contributed by atoms with Gasteiger partial charge in [-0.2, -0.15) is 0 Å². The van der Waals surface area contributed by atoms with Crippen LogP contribution >= 0.6 is 11.6 Å². The number of halogens is 1. The number of hydrogen-bond donors (Lipinski definition) is 4. The van der Waals surface area contributed by atoms with Crippen molar-refractivity contribution in [3.8, 4) is 0 Å². The van der Waals surface area contributed by atoms with Crippen LogP contribution in [0.15, 0.2) is 42.5 Å². The van der Waals surface area contributed by atoms with Gasteiger partial charge in [0, 0.05) is 6.54 Å². The molecule has 7 nitrogen and oxygen atoms in total. The van der Waals surface area contributed by atoms with Crippen LogP contribution < -0.4 is 10.6 Å². The van der Waals surface area contributed by atoms with Crippen LogP contribution in [-0.2, 0) is 33.8 Å². The first-order valence-corrected chi connectivity index (χ1v) is 10.6. The van der Waals surface area contributed by atoms with Gasteiger partial charge >= 0.3 is 11.9 Å². The predicted octanol–water partition coefficient (Wildman–Crippen LogP) is 3.59. The lowest BCUT2D eigenvalue weighted by Gasteiger charge is -2.16. The quantitative estimate of drug-likeness (QED) is 0.434. The number of carboxylic acids is 2. The molecule has 0 spiro atoms. The number of anilines is 1. The van der Waals surface area contributed by atoms with Gasteiger partial charge in [0.05, 0.1) is 36.8 Å². The average Bonchev–Trinajstić information content (AvgIpc) is 3.00. The van der Waals surface area contributed by atoms with Crippen LogP contribution in [0, 0.1) is 0 Å². The number of aliphatic carboxylic acids is 2. The van der Waals surface area contributed by atoms with Crippen molar-refractivity contribution in [2.75, 3.05) is 31.6 Å². The molecular formula is C23H29ClN2O5. The molecule has 0 saturated heterocycles. The number of carboxylic acid groups (broad SMARTS) is 2. The smallest absolute Gasteiger partial charge is 0.303 e. The first-order valence-electron chi connectivity index (χ1n) is 10.3. The first-order chi connectivity index (χ1) is 15.0. The Morgan fingerprint density at radius 3 is 2.35 bits per heavy atom. The second kappa shape index (κ2) is 13.6. The van der Waals surface area contributed by atoms with Crippen molar-refractivity contribution in [3.05, 3.63) is 64.2 Å². The summed E-state index contributed by atoms with van der Waals surface area (Å²) in [7, 11) is 0. The van der Waals surface area contributed by atoms with Crippen LogP contribution in [0.2, 0.25) is 5.02 Å². The first kappa shape index (κ1) is 24.7. The van der Waals surface area contributed by atoms with E-state index in [2.05, 4.69) is 28.8 Å². The normalized spacial score (nSPS) is 12.7. The Morgan fingerprint density at radius 2 is 1.68 bits per heavy atom. The largest absolute Gasteiger partial charge is 0.481 e. The summed E-state index contributed by atoms with van der Waals surface area (Å²) in [6, 6.07) is 14.4. The van der Waals surface area contributed by atoms with Gasteiger partial charge < -0.3 is 25.6 Å². The van der Waals surface area contributed by atoms with Crippen LogP contribution in [0.25, 0.3) is 0 Å². The Labute approximate surface area is 187 Å². The molecule has 0 saturated carbocycles. The van der Waals surface area contributed by atoms with Crippen LogP contribution in [0.3, 0.4) is 0 Å². The van der Waals surface area contributed by atoms with Gasteiger partial charge in [-0.15, -0.1) is 0 Å². The van der Waals surface area contributed by atoms with E-state index in [0.717, 1.165) is 43.2 Å². The number of rotatable bonds is 9. The van der Waals surface area contributed by atoms with E-state index in [1.165, 1.54) is 16.7 Å². The van der Waals surface area contributed by atoms with Gasteiger partial charge in [-0.3, -0.25) is 9.59 Å². The summed E-state index contributed by atoms with van der Waals surface area (Å²) in [5.74, 6) is -2.15. The number of hydrogen-bond acceptors (Lipinski definition) is 5. The molecule has 168 valence electrons. The van der Waals surface area contributed by atoms with Gasteiger partial charge in [-0.1, -0.05) is 48.0 Å². The van der Waals surface area contributed by atoms with Crippen molar-refractivity contribution in [1.82, 2.24) is 5.32 Å². The van der Waals surface area contributed by atoms with Gasteiger partial charge in [0.25, 0.3) is 0 Å². The number of fused-ring (bicyclic) bond motifs is 1. The van der Waals surface area contributed by atoms with Crippen molar-refractivity contribution < 1.29 is 24.5 Å². The summed E-state index contributed by atoms with van der Waals surface area (Å²) in [6.45, 7) is 4.11. The Morgan fingerprint density at radius 1 is 1.00 bits per heavy atom. The summed E-state index contributed by atoms with van der Waals surface area (Å²) in [5.41, 5.74) is 5.03.